The first-order valence-electron chi connectivity index (χ1n) is 8.15. The van der Waals surface area contributed by atoms with Gasteiger partial charge in [0, 0.05) is 12.0 Å². The average Bonchev–Trinajstić information content (AvgIpc) is 2.67. The Labute approximate surface area is 151 Å². The fourth-order valence-electron chi connectivity index (χ4n) is 2.83. The van der Waals surface area contributed by atoms with E-state index >= 15 is 0 Å². The third kappa shape index (κ3) is 3.70. The summed E-state index contributed by atoms with van der Waals surface area (Å²) in [6.45, 7) is 0. The van der Waals surface area contributed by atoms with Crippen molar-refractivity contribution in [3.05, 3.63) is 83.4 Å². The average molecular weight is 343 g/mol. The summed E-state index contributed by atoms with van der Waals surface area (Å²) in [7, 11) is 0. The first-order valence-corrected chi connectivity index (χ1v) is 8.15. The number of nitrogens with one attached hydrogen (secondary N) is 1. The lowest BCUT2D eigenvalue weighted by atomic mass is 10.0. The number of primary amides is 1. The van der Waals surface area contributed by atoms with E-state index in [2.05, 4.69) is 5.32 Å². The second kappa shape index (κ2) is 7.49. The molecule has 0 unspecified atom stereocenters. The standard InChI is InChI=1S/C21H17N3O2/c22-13-15-10-8-14(9-11-15)12-19(20(23)25)24-21(26)18-7-3-5-16-4-1-2-6-17(16)18/h1-11,19H,12H2,(H2,23,25)(H,24,26)/t19-/m1/s1. The number of rotatable bonds is 5. The monoisotopic (exact) mass is 343 g/mol. The van der Waals surface area contributed by atoms with Crippen molar-refractivity contribution >= 4 is 22.6 Å². The second-order valence-electron chi connectivity index (χ2n) is 5.97. The molecule has 0 aliphatic heterocycles. The number of carbonyl (C=O) groups is 2. The molecule has 5 nitrogen and oxygen atoms in total. The summed E-state index contributed by atoms with van der Waals surface area (Å²) < 4.78 is 0. The van der Waals surface area contributed by atoms with Crippen LogP contribution in [0.25, 0.3) is 10.8 Å². The maximum atomic E-state index is 12.7. The summed E-state index contributed by atoms with van der Waals surface area (Å²) in [6, 6.07) is 21.0. The number of fused-ring (bicyclic) bond motifs is 1. The zero-order valence-corrected chi connectivity index (χ0v) is 14.0. The Morgan fingerprint density at radius 1 is 1.00 bits per heavy atom. The Kier molecular flexibility index (Phi) is 4.95. The Morgan fingerprint density at radius 3 is 2.38 bits per heavy atom. The predicted molar refractivity (Wildman–Crippen MR) is 99.3 cm³/mol. The van der Waals surface area contributed by atoms with Gasteiger partial charge in [0.2, 0.25) is 5.91 Å². The summed E-state index contributed by atoms with van der Waals surface area (Å²) in [4.78, 5) is 24.5. The molecule has 128 valence electrons. The van der Waals surface area contributed by atoms with Crippen molar-refractivity contribution in [3.8, 4) is 6.07 Å². The van der Waals surface area contributed by atoms with E-state index in [0.717, 1.165) is 16.3 Å². The number of nitriles is 1. The van der Waals surface area contributed by atoms with E-state index in [4.69, 9.17) is 11.0 Å². The van der Waals surface area contributed by atoms with Gasteiger partial charge in [0.15, 0.2) is 0 Å². The van der Waals surface area contributed by atoms with Crippen LogP contribution in [-0.2, 0) is 11.2 Å². The molecule has 3 N–H and O–H groups in total. The molecule has 1 atom stereocenters. The van der Waals surface area contributed by atoms with Gasteiger partial charge in [-0.15, -0.1) is 0 Å². The molecule has 5 heteroatoms. The molecule has 0 bridgehead atoms. The summed E-state index contributed by atoms with van der Waals surface area (Å²) in [6.07, 6.45) is 0.261. The number of nitrogens with two attached hydrogens (primary N) is 1. The molecule has 3 aromatic rings. The highest BCUT2D eigenvalue weighted by atomic mass is 16.2. The van der Waals surface area contributed by atoms with Gasteiger partial charge >= 0.3 is 0 Å². The van der Waals surface area contributed by atoms with E-state index in [9.17, 15) is 9.59 Å². The zero-order chi connectivity index (χ0) is 18.5. The Bertz CT molecular complexity index is 998. The van der Waals surface area contributed by atoms with Crippen LogP contribution in [0.4, 0.5) is 0 Å². The van der Waals surface area contributed by atoms with E-state index < -0.39 is 11.9 Å². The van der Waals surface area contributed by atoms with Crippen molar-refractivity contribution in [2.75, 3.05) is 0 Å². The second-order valence-corrected chi connectivity index (χ2v) is 5.97. The fourth-order valence-corrected chi connectivity index (χ4v) is 2.83. The highest BCUT2D eigenvalue weighted by molar-refractivity contribution is 6.08. The minimum Gasteiger partial charge on any atom is -0.368 e. The Morgan fingerprint density at radius 2 is 1.69 bits per heavy atom. The van der Waals surface area contributed by atoms with Crippen LogP contribution >= 0.6 is 0 Å². The van der Waals surface area contributed by atoms with Crippen LogP contribution in [-0.4, -0.2) is 17.9 Å². The highest BCUT2D eigenvalue weighted by Crippen LogP contribution is 2.18. The molecule has 26 heavy (non-hydrogen) atoms. The summed E-state index contributed by atoms with van der Waals surface area (Å²) in [5.74, 6) is -0.956. The van der Waals surface area contributed by atoms with Gasteiger partial charge in [-0.1, -0.05) is 48.5 Å². The van der Waals surface area contributed by atoms with Crippen LogP contribution in [0.3, 0.4) is 0 Å². The van der Waals surface area contributed by atoms with Crippen molar-refractivity contribution in [2.24, 2.45) is 5.73 Å². The Balaban J connectivity index is 1.82. The third-order valence-electron chi connectivity index (χ3n) is 4.21. The maximum Gasteiger partial charge on any atom is 0.252 e. The number of hydrogen-bond donors (Lipinski definition) is 2. The largest absolute Gasteiger partial charge is 0.368 e. The molecule has 0 saturated carbocycles. The molecule has 0 fully saturated rings. The fraction of sp³-hybridized carbons (Fsp3) is 0.0952. The van der Waals surface area contributed by atoms with Crippen LogP contribution in [0.1, 0.15) is 21.5 Å². The van der Waals surface area contributed by atoms with Crippen molar-refractivity contribution in [1.82, 2.24) is 5.32 Å². The van der Waals surface area contributed by atoms with Crippen LogP contribution in [0.15, 0.2) is 66.7 Å². The SMILES string of the molecule is N#Cc1ccc(C[C@@H](NC(=O)c2cccc3ccccc23)C(N)=O)cc1. The molecule has 0 aromatic heterocycles. The number of nitrogens with zero attached hydrogens (tertiary/aromatic N) is 1. The number of hydrogen-bond acceptors (Lipinski definition) is 3. The topological polar surface area (TPSA) is 96.0 Å². The highest BCUT2D eigenvalue weighted by Gasteiger charge is 2.20. The number of benzene rings is 3. The summed E-state index contributed by atoms with van der Waals surface area (Å²) >= 11 is 0. The van der Waals surface area contributed by atoms with Crippen molar-refractivity contribution < 1.29 is 9.59 Å². The van der Waals surface area contributed by atoms with Crippen molar-refractivity contribution in [3.63, 3.8) is 0 Å². The molecule has 3 rings (SSSR count). The molecule has 0 aliphatic carbocycles. The van der Waals surface area contributed by atoms with E-state index in [1.54, 1.807) is 36.4 Å². The van der Waals surface area contributed by atoms with Gasteiger partial charge in [-0.25, -0.2) is 0 Å². The first-order chi connectivity index (χ1) is 12.6. The normalized spacial score (nSPS) is 11.5. The van der Waals surface area contributed by atoms with Gasteiger partial charge in [-0.2, -0.15) is 5.26 Å². The van der Waals surface area contributed by atoms with Gasteiger partial charge < -0.3 is 11.1 Å². The van der Waals surface area contributed by atoms with E-state index in [0.29, 0.717) is 11.1 Å². The van der Waals surface area contributed by atoms with Crippen LogP contribution < -0.4 is 11.1 Å². The quantitative estimate of drug-likeness (QED) is 0.745. The van der Waals surface area contributed by atoms with Crippen molar-refractivity contribution in [2.45, 2.75) is 12.5 Å². The molecule has 0 saturated heterocycles. The predicted octanol–water partition coefficient (Wildman–Crippen LogP) is 2.54. The molecule has 0 aliphatic rings. The molecular weight excluding hydrogens is 326 g/mol. The number of carbonyl (C=O) groups excluding carboxylic acids is 2. The molecular formula is C21H17N3O2. The minimum absolute atomic E-state index is 0.261. The number of amides is 2. The Hall–Kier alpha value is -3.65. The van der Waals surface area contributed by atoms with E-state index in [1.165, 1.54) is 0 Å². The van der Waals surface area contributed by atoms with E-state index in [-0.39, 0.29) is 12.3 Å². The summed E-state index contributed by atoms with van der Waals surface area (Å²) in [5, 5.41) is 13.3. The van der Waals surface area contributed by atoms with Gasteiger partial charge in [-0.05, 0) is 34.5 Å². The van der Waals surface area contributed by atoms with Crippen LogP contribution in [0.2, 0.25) is 0 Å². The van der Waals surface area contributed by atoms with Crippen LogP contribution in [0.5, 0.6) is 0 Å². The van der Waals surface area contributed by atoms with Crippen molar-refractivity contribution in [1.29, 1.82) is 5.26 Å². The molecule has 3 aromatic carbocycles. The van der Waals surface area contributed by atoms with Gasteiger partial charge in [0.05, 0.1) is 11.6 Å². The molecule has 2 amide bonds. The maximum absolute atomic E-state index is 12.7. The lowest BCUT2D eigenvalue weighted by molar-refractivity contribution is -0.119. The van der Waals surface area contributed by atoms with Gasteiger partial charge in [0.1, 0.15) is 6.04 Å². The minimum atomic E-state index is -0.839. The first kappa shape index (κ1) is 17.2. The van der Waals surface area contributed by atoms with E-state index in [1.807, 2.05) is 36.4 Å². The van der Waals surface area contributed by atoms with Gasteiger partial charge in [0.25, 0.3) is 5.91 Å². The third-order valence-corrected chi connectivity index (χ3v) is 4.21. The lowest BCUT2D eigenvalue weighted by Crippen LogP contribution is -2.45. The molecule has 0 spiro atoms. The van der Waals surface area contributed by atoms with Crippen LogP contribution in [0, 0.1) is 11.3 Å². The van der Waals surface area contributed by atoms with Gasteiger partial charge in [-0.3, -0.25) is 9.59 Å². The zero-order valence-electron chi connectivity index (χ0n) is 14.0. The molecule has 0 radical (unpaired) electrons. The molecule has 0 heterocycles. The lowest BCUT2D eigenvalue weighted by Gasteiger charge is -2.16. The summed E-state index contributed by atoms with van der Waals surface area (Å²) in [5.41, 5.74) is 7.31. The smallest absolute Gasteiger partial charge is 0.252 e.